The molecule has 2 fully saturated rings. The van der Waals surface area contributed by atoms with Crippen LogP contribution in [0.1, 0.15) is 26.7 Å². The van der Waals surface area contributed by atoms with Crippen molar-refractivity contribution in [2.45, 2.75) is 50.9 Å². The minimum Gasteiger partial charge on any atom is -0.375 e. The van der Waals surface area contributed by atoms with Gasteiger partial charge in [-0.2, -0.15) is 0 Å². The summed E-state index contributed by atoms with van der Waals surface area (Å²) in [5.41, 5.74) is 0. The third-order valence-corrected chi connectivity index (χ3v) is 3.69. The molecule has 0 saturated carbocycles. The van der Waals surface area contributed by atoms with Crippen molar-refractivity contribution < 1.29 is 9.53 Å². The van der Waals surface area contributed by atoms with Gasteiger partial charge in [-0.1, -0.05) is 0 Å². The minimum atomic E-state index is -0.210. The van der Waals surface area contributed by atoms with Crippen LogP contribution in [0.3, 0.4) is 0 Å². The molecule has 2 heterocycles. The van der Waals surface area contributed by atoms with E-state index in [-0.39, 0.29) is 24.1 Å². The fourth-order valence-electron chi connectivity index (χ4n) is 2.54. The first-order valence-corrected chi connectivity index (χ1v) is 6.57. The Morgan fingerprint density at radius 3 is 2.82 bits per heavy atom. The van der Waals surface area contributed by atoms with Crippen molar-refractivity contribution in [3.8, 4) is 0 Å². The standard InChI is InChI=1S/C12H23N3O2/c1-8-10(4-3-5-13-8)15-12(16)11-9(2)17-7-6-14-11/h8-11,13-14H,3-7H2,1-2H3,(H,15,16)/t8?,9-,10?,11+/m1/s1. The van der Waals surface area contributed by atoms with Gasteiger partial charge in [0.2, 0.25) is 5.91 Å². The molecule has 2 rings (SSSR count). The van der Waals surface area contributed by atoms with Gasteiger partial charge in [-0.3, -0.25) is 4.79 Å². The van der Waals surface area contributed by atoms with Crippen LogP contribution in [-0.2, 0) is 9.53 Å². The van der Waals surface area contributed by atoms with Gasteiger partial charge in [-0.25, -0.2) is 0 Å². The lowest BCUT2D eigenvalue weighted by molar-refractivity contribution is -0.130. The van der Waals surface area contributed by atoms with Crippen LogP contribution < -0.4 is 16.0 Å². The summed E-state index contributed by atoms with van der Waals surface area (Å²) in [6.07, 6.45) is 2.14. The fraction of sp³-hybridized carbons (Fsp3) is 0.917. The molecule has 17 heavy (non-hydrogen) atoms. The molecule has 98 valence electrons. The average molecular weight is 241 g/mol. The fourth-order valence-corrected chi connectivity index (χ4v) is 2.54. The van der Waals surface area contributed by atoms with Gasteiger partial charge in [0.05, 0.1) is 12.7 Å². The van der Waals surface area contributed by atoms with Gasteiger partial charge < -0.3 is 20.7 Å². The van der Waals surface area contributed by atoms with Crippen molar-refractivity contribution in [3.63, 3.8) is 0 Å². The van der Waals surface area contributed by atoms with E-state index in [0.29, 0.717) is 12.6 Å². The molecule has 0 aromatic heterocycles. The number of morpholine rings is 1. The maximum absolute atomic E-state index is 12.1. The van der Waals surface area contributed by atoms with Crippen molar-refractivity contribution in [3.05, 3.63) is 0 Å². The van der Waals surface area contributed by atoms with Crippen LogP contribution in [0.15, 0.2) is 0 Å². The summed E-state index contributed by atoms with van der Waals surface area (Å²) < 4.78 is 5.49. The van der Waals surface area contributed by atoms with Crippen LogP contribution in [0.2, 0.25) is 0 Å². The topological polar surface area (TPSA) is 62.4 Å². The highest BCUT2D eigenvalue weighted by atomic mass is 16.5. The second-order valence-electron chi connectivity index (χ2n) is 5.01. The highest BCUT2D eigenvalue weighted by molar-refractivity contribution is 5.82. The molecule has 4 atom stereocenters. The highest BCUT2D eigenvalue weighted by Gasteiger charge is 2.31. The Morgan fingerprint density at radius 1 is 1.29 bits per heavy atom. The third kappa shape index (κ3) is 3.18. The van der Waals surface area contributed by atoms with Crippen molar-refractivity contribution in [2.75, 3.05) is 19.7 Å². The Labute approximate surface area is 103 Å². The van der Waals surface area contributed by atoms with Crippen LogP contribution in [-0.4, -0.2) is 49.8 Å². The van der Waals surface area contributed by atoms with E-state index in [1.807, 2.05) is 6.92 Å². The molecular formula is C12H23N3O2. The zero-order valence-corrected chi connectivity index (χ0v) is 10.7. The summed E-state index contributed by atoms with van der Waals surface area (Å²) in [5, 5.41) is 9.73. The number of rotatable bonds is 2. The number of carbonyl (C=O) groups is 1. The smallest absolute Gasteiger partial charge is 0.240 e. The quantitative estimate of drug-likeness (QED) is 0.617. The van der Waals surface area contributed by atoms with Crippen LogP contribution >= 0.6 is 0 Å². The molecule has 2 unspecified atom stereocenters. The lowest BCUT2D eigenvalue weighted by Crippen LogP contribution is -2.60. The van der Waals surface area contributed by atoms with Crippen LogP contribution in [0.4, 0.5) is 0 Å². The van der Waals surface area contributed by atoms with Crippen LogP contribution in [0.25, 0.3) is 0 Å². The molecule has 2 aliphatic rings. The predicted octanol–water partition coefficient (Wildman–Crippen LogP) is -0.380. The third-order valence-electron chi connectivity index (χ3n) is 3.69. The molecule has 0 spiro atoms. The van der Waals surface area contributed by atoms with Gasteiger partial charge in [-0.05, 0) is 33.2 Å². The van der Waals surface area contributed by atoms with E-state index in [0.717, 1.165) is 25.9 Å². The maximum Gasteiger partial charge on any atom is 0.240 e. The van der Waals surface area contributed by atoms with Gasteiger partial charge in [0.15, 0.2) is 0 Å². The molecule has 5 heteroatoms. The van der Waals surface area contributed by atoms with E-state index in [1.54, 1.807) is 0 Å². The number of carbonyl (C=O) groups excluding carboxylic acids is 1. The van der Waals surface area contributed by atoms with E-state index in [2.05, 4.69) is 22.9 Å². The van der Waals surface area contributed by atoms with Crippen molar-refractivity contribution >= 4 is 5.91 Å². The van der Waals surface area contributed by atoms with Crippen LogP contribution in [0.5, 0.6) is 0 Å². The number of hydrogen-bond donors (Lipinski definition) is 3. The number of nitrogens with one attached hydrogen (secondary N) is 3. The van der Waals surface area contributed by atoms with E-state index < -0.39 is 0 Å². The second-order valence-corrected chi connectivity index (χ2v) is 5.01. The Bertz CT molecular complexity index is 272. The molecule has 1 amide bonds. The summed E-state index contributed by atoms with van der Waals surface area (Å²) >= 11 is 0. The van der Waals surface area contributed by atoms with Gasteiger partial charge >= 0.3 is 0 Å². The predicted molar refractivity (Wildman–Crippen MR) is 65.8 cm³/mol. The zero-order chi connectivity index (χ0) is 12.3. The Kier molecular flexibility index (Phi) is 4.36. The monoisotopic (exact) mass is 241 g/mol. The maximum atomic E-state index is 12.1. The molecule has 3 N–H and O–H groups in total. The normalized spacial score (nSPS) is 38.7. The second kappa shape index (κ2) is 5.80. The first-order chi connectivity index (χ1) is 8.18. The van der Waals surface area contributed by atoms with Crippen molar-refractivity contribution in [1.29, 1.82) is 0 Å². The molecular weight excluding hydrogens is 218 g/mol. The first-order valence-electron chi connectivity index (χ1n) is 6.57. The SMILES string of the molecule is CC1NCCCC1NC(=O)[C@H]1NCCO[C@@H]1C. The van der Waals surface area contributed by atoms with Crippen LogP contribution in [0, 0.1) is 0 Å². The van der Waals surface area contributed by atoms with E-state index in [4.69, 9.17) is 4.74 Å². The molecule has 2 aliphatic heterocycles. The summed E-state index contributed by atoms with van der Waals surface area (Å²) in [6.45, 7) is 6.55. The summed E-state index contributed by atoms with van der Waals surface area (Å²) in [5.74, 6) is 0.0674. The van der Waals surface area contributed by atoms with Gasteiger partial charge in [0.25, 0.3) is 0 Å². The minimum absolute atomic E-state index is 0.0457. The summed E-state index contributed by atoms with van der Waals surface area (Å²) in [4.78, 5) is 12.1. The number of amides is 1. The van der Waals surface area contributed by atoms with E-state index in [1.165, 1.54) is 0 Å². The van der Waals surface area contributed by atoms with Gasteiger partial charge in [-0.15, -0.1) is 0 Å². The Balaban J connectivity index is 1.86. The number of hydrogen-bond acceptors (Lipinski definition) is 4. The average Bonchev–Trinajstić information content (AvgIpc) is 2.32. The Hall–Kier alpha value is -0.650. The highest BCUT2D eigenvalue weighted by Crippen LogP contribution is 2.10. The number of ether oxygens (including phenoxy) is 1. The molecule has 0 aromatic rings. The van der Waals surface area contributed by atoms with Gasteiger partial charge in [0.1, 0.15) is 6.04 Å². The lowest BCUT2D eigenvalue weighted by Gasteiger charge is -2.34. The van der Waals surface area contributed by atoms with E-state index in [9.17, 15) is 4.79 Å². The summed E-state index contributed by atoms with van der Waals surface area (Å²) in [6, 6.07) is 0.387. The van der Waals surface area contributed by atoms with Gasteiger partial charge in [0, 0.05) is 18.6 Å². The summed E-state index contributed by atoms with van der Waals surface area (Å²) in [7, 11) is 0. The molecule has 0 radical (unpaired) electrons. The molecule has 5 nitrogen and oxygen atoms in total. The molecule has 0 aliphatic carbocycles. The Morgan fingerprint density at radius 2 is 2.12 bits per heavy atom. The van der Waals surface area contributed by atoms with E-state index >= 15 is 0 Å². The molecule has 2 saturated heterocycles. The molecule has 0 bridgehead atoms. The van der Waals surface area contributed by atoms with Crippen molar-refractivity contribution in [2.24, 2.45) is 0 Å². The number of piperidine rings is 1. The van der Waals surface area contributed by atoms with Crippen molar-refractivity contribution in [1.82, 2.24) is 16.0 Å². The lowest BCUT2D eigenvalue weighted by atomic mass is 9.99. The first kappa shape index (κ1) is 12.8. The largest absolute Gasteiger partial charge is 0.375 e. The molecule has 0 aromatic carbocycles. The zero-order valence-electron chi connectivity index (χ0n) is 10.7.